The van der Waals surface area contributed by atoms with Crippen LogP contribution in [-0.4, -0.2) is 31.9 Å². The summed E-state index contributed by atoms with van der Waals surface area (Å²) in [5.74, 6) is -3.41. The molecule has 0 aliphatic heterocycles. The zero-order valence-corrected chi connectivity index (χ0v) is 13.2. The van der Waals surface area contributed by atoms with Crippen LogP contribution in [0.2, 0.25) is 0 Å². The summed E-state index contributed by atoms with van der Waals surface area (Å²) in [6, 6.07) is 5.27. The lowest BCUT2D eigenvalue weighted by Crippen LogP contribution is -2.41. The van der Waals surface area contributed by atoms with E-state index >= 15 is 0 Å². The van der Waals surface area contributed by atoms with E-state index in [-0.39, 0.29) is 11.5 Å². The third-order valence-electron chi connectivity index (χ3n) is 4.39. The minimum absolute atomic E-state index is 0.230. The second kappa shape index (κ2) is 6.50. The van der Waals surface area contributed by atoms with Crippen molar-refractivity contribution in [3.63, 3.8) is 0 Å². The molecule has 7 heteroatoms. The van der Waals surface area contributed by atoms with Crippen molar-refractivity contribution >= 4 is 15.5 Å². The topological polar surface area (TPSA) is 66.4 Å². The van der Waals surface area contributed by atoms with Crippen LogP contribution in [-0.2, 0) is 9.84 Å². The standard InChI is InChI=1S/C15H21F2NO3S/c1-15(9-3-2-4-13(15)19)10-18-11-5-7-12(8-6-11)22(20,21)14(16)17/h5-8,13-14,18-19H,2-4,9-10H2,1H3. The highest BCUT2D eigenvalue weighted by molar-refractivity contribution is 7.91. The zero-order chi connectivity index (χ0) is 16.4. The molecule has 0 spiro atoms. The fourth-order valence-electron chi connectivity index (χ4n) is 2.76. The maximum absolute atomic E-state index is 12.5. The first-order chi connectivity index (χ1) is 10.3. The van der Waals surface area contributed by atoms with Crippen molar-refractivity contribution in [2.75, 3.05) is 11.9 Å². The lowest BCUT2D eigenvalue weighted by atomic mass is 9.73. The fraction of sp³-hybridized carbons (Fsp3) is 0.600. The maximum Gasteiger partial charge on any atom is 0.341 e. The molecule has 0 radical (unpaired) electrons. The summed E-state index contributed by atoms with van der Waals surface area (Å²) in [5.41, 5.74) is 0.415. The fourth-order valence-corrected chi connectivity index (χ4v) is 3.48. The Labute approximate surface area is 129 Å². The third-order valence-corrected chi connectivity index (χ3v) is 5.79. The first kappa shape index (κ1) is 17.1. The van der Waals surface area contributed by atoms with E-state index < -0.39 is 20.5 Å². The molecule has 1 aliphatic carbocycles. The minimum atomic E-state index is -4.55. The highest BCUT2D eigenvalue weighted by Crippen LogP contribution is 2.36. The van der Waals surface area contributed by atoms with Crippen LogP contribution in [0.25, 0.3) is 0 Å². The van der Waals surface area contributed by atoms with E-state index in [1.54, 1.807) is 0 Å². The zero-order valence-electron chi connectivity index (χ0n) is 12.4. The summed E-state index contributed by atoms with van der Waals surface area (Å²) in [6.07, 6.45) is 3.42. The molecule has 2 atom stereocenters. The Balaban J connectivity index is 2.03. The van der Waals surface area contributed by atoms with Gasteiger partial charge in [-0.3, -0.25) is 0 Å². The number of sulfone groups is 1. The Morgan fingerprint density at radius 3 is 2.50 bits per heavy atom. The second-order valence-corrected chi connectivity index (χ2v) is 8.02. The quantitative estimate of drug-likeness (QED) is 0.869. The first-order valence-electron chi connectivity index (χ1n) is 7.30. The van der Waals surface area contributed by atoms with Crippen molar-refractivity contribution in [2.24, 2.45) is 5.41 Å². The third kappa shape index (κ3) is 3.57. The predicted octanol–water partition coefficient (Wildman–Crippen LogP) is 3.04. The van der Waals surface area contributed by atoms with E-state index in [1.165, 1.54) is 24.3 Å². The SMILES string of the molecule is CC1(CNc2ccc(S(=O)(=O)C(F)F)cc2)CCCCC1O. The van der Waals surface area contributed by atoms with Crippen LogP contribution in [0.15, 0.2) is 29.2 Å². The van der Waals surface area contributed by atoms with E-state index in [0.717, 1.165) is 25.7 Å². The van der Waals surface area contributed by atoms with Gasteiger partial charge in [0, 0.05) is 17.6 Å². The number of aliphatic hydroxyl groups excluding tert-OH is 1. The predicted molar refractivity (Wildman–Crippen MR) is 80.7 cm³/mol. The molecule has 1 aromatic rings. The summed E-state index contributed by atoms with van der Waals surface area (Å²) in [5, 5.41) is 13.3. The van der Waals surface area contributed by atoms with Gasteiger partial charge in [0.15, 0.2) is 0 Å². The summed E-state index contributed by atoms with van der Waals surface area (Å²) in [6.45, 7) is 2.56. The molecule has 0 aromatic heterocycles. The van der Waals surface area contributed by atoms with Crippen molar-refractivity contribution < 1.29 is 22.3 Å². The van der Waals surface area contributed by atoms with E-state index in [4.69, 9.17) is 0 Å². The number of nitrogens with one attached hydrogen (secondary N) is 1. The van der Waals surface area contributed by atoms with Gasteiger partial charge in [0.1, 0.15) is 0 Å². The van der Waals surface area contributed by atoms with Gasteiger partial charge < -0.3 is 10.4 Å². The Kier molecular flexibility index (Phi) is 5.07. The Hall–Kier alpha value is -1.21. The number of benzene rings is 1. The Bertz CT molecular complexity index is 604. The molecule has 2 unspecified atom stereocenters. The van der Waals surface area contributed by atoms with E-state index in [1.807, 2.05) is 6.92 Å². The van der Waals surface area contributed by atoms with Gasteiger partial charge in [-0.25, -0.2) is 8.42 Å². The van der Waals surface area contributed by atoms with Gasteiger partial charge in [-0.15, -0.1) is 0 Å². The van der Waals surface area contributed by atoms with Crippen molar-refractivity contribution in [2.45, 2.75) is 49.4 Å². The van der Waals surface area contributed by atoms with Crippen molar-refractivity contribution in [3.8, 4) is 0 Å². The van der Waals surface area contributed by atoms with Crippen LogP contribution in [0.5, 0.6) is 0 Å². The van der Waals surface area contributed by atoms with Gasteiger partial charge in [-0.05, 0) is 37.1 Å². The van der Waals surface area contributed by atoms with Crippen molar-refractivity contribution in [1.29, 1.82) is 0 Å². The number of hydrogen-bond acceptors (Lipinski definition) is 4. The summed E-state index contributed by atoms with van der Waals surface area (Å²) in [4.78, 5) is -0.392. The van der Waals surface area contributed by atoms with Gasteiger partial charge in [-0.2, -0.15) is 8.78 Å². The average Bonchev–Trinajstić information content (AvgIpc) is 2.49. The van der Waals surface area contributed by atoms with Gasteiger partial charge >= 0.3 is 5.76 Å². The molecule has 1 fully saturated rings. The van der Waals surface area contributed by atoms with Crippen LogP contribution in [0.4, 0.5) is 14.5 Å². The molecule has 22 heavy (non-hydrogen) atoms. The Morgan fingerprint density at radius 1 is 1.32 bits per heavy atom. The number of alkyl halides is 2. The molecule has 124 valence electrons. The van der Waals surface area contributed by atoms with E-state index in [9.17, 15) is 22.3 Å². The molecule has 1 saturated carbocycles. The summed E-state index contributed by atoms with van der Waals surface area (Å²) >= 11 is 0. The monoisotopic (exact) mass is 333 g/mol. The van der Waals surface area contributed by atoms with Crippen LogP contribution < -0.4 is 5.32 Å². The molecule has 4 nitrogen and oxygen atoms in total. The molecule has 0 saturated heterocycles. The number of hydrogen-bond donors (Lipinski definition) is 2. The number of aliphatic hydroxyl groups is 1. The van der Waals surface area contributed by atoms with E-state index in [0.29, 0.717) is 12.2 Å². The van der Waals surface area contributed by atoms with Gasteiger partial charge in [-0.1, -0.05) is 19.8 Å². The molecule has 0 heterocycles. The van der Waals surface area contributed by atoms with Crippen molar-refractivity contribution in [1.82, 2.24) is 0 Å². The number of halogens is 2. The Morgan fingerprint density at radius 2 is 1.95 bits per heavy atom. The van der Waals surface area contributed by atoms with Gasteiger partial charge in [0.2, 0.25) is 9.84 Å². The first-order valence-corrected chi connectivity index (χ1v) is 8.84. The van der Waals surface area contributed by atoms with Crippen LogP contribution in [0.1, 0.15) is 32.6 Å². The molecule has 0 amide bonds. The van der Waals surface area contributed by atoms with Crippen LogP contribution in [0, 0.1) is 5.41 Å². The lowest BCUT2D eigenvalue weighted by Gasteiger charge is -2.38. The van der Waals surface area contributed by atoms with Crippen LogP contribution in [0.3, 0.4) is 0 Å². The average molecular weight is 333 g/mol. The van der Waals surface area contributed by atoms with Gasteiger partial charge in [0.05, 0.1) is 11.0 Å². The second-order valence-electron chi connectivity index (χ2n) is 6.10. The highest BCUT2D eigenvalue weighted by atomic mass is 32.2. The highest BCUT2D eigenvalue weighted by Gasteiger charge is 2.35. The molecule has 2 rings (SSSR count). The molecular weight excluding hydrogens is 312 g/mol. The largest absolute Gasteiger partial charge is 0.392 e. The number of rotatable bonds is 5. The van der Waals surface area contributed by atoms with Gasteiger partial charge in [0.25, 0.3) is 0 Å². The van der Waals surface area contributed by atoms with Crippen LogP contribution >= 0.6 is 0 Å². The molecule has 1 aliphatic rings. The minimum Gasteiger partial charge on any atom is -0.392 e. The smallest absolute Gasteiger partial charge is 0.341 e. The molecule has 2 N–H and O–H groups in total. The summed E-state index contributed by atoms with van der Waals surface area (Å²) in [7, 11) is -4.55. The lowest BCUT2D eigenvalue weighted by molar-refractivity contribution is 0.00963. The van der Waals surface area contributed by atoms with E-state index in [2.05, 4.69) is 5.32 Å². The molecule has 0 bridgehead atoms. The summed E-state index contributed by atoms with van der Waals surface area (Å²) < 4.78 is 47.6. The van der Waals surface area contributed by atoms with Crippen molar-refractivity contribution in [3.05, 3.63) is 24.3 Å². The number of anilines is 1. The molecular formula is C15H21F2NO3S. The maximum atomic E-state index is 12.5. The normalized spacial score (nSPS) is 26.1. The molecule has 1 aromatic carbocycles.